The van der Waals surface area contributed by atoms with Crippen molar-refractivity contribution in [1.82, 2.24) is 10.6 Å². The molecule has 5 nitrogen and oxygen atoms in total. The van der Waals surface area contributed by atoms with Gasteiger partial charge in [0.15, 0.2) is 0 Å². The topological polar surface area (TPSA) is 70.2 Å². The van der Waals surface area contributed by atoms with Crippen LogP contribution in [-0.4, -0.2) is 11.9 Å². The lowest BCUT2D eigenvalue weighted by Crippen LogP contribution is -2.45. The first-order chi connectivity index (χ1) is 13.1. The molecule has 0 aromatic heterocycles. The van der Waals surface area contributed by atoms with Gasteiger partial charge in [-0.25, -0.2) is 9.18 Å². The Labute approximate surface area is 157 Å². The van der Waals surface area contributed by atoms with Crippen molar-refractivity contribution < 1.29 is 27.2 Å². The SMILES string of the molecule is CC1=C(C(=O)Nc2cccc(C(F)(F)F)c2)[C@H](c2ccc(F)cc2)NC(=O)N1. The van der Waals surface area contributed by atoms with E-state index in [1.165, 1.54) is 43.3 Å². The number of halogens is 4. The second-order valence-electron chi connectivity index (χ2n) is 6.15. The zero-order valence-corrected chi connectivity index (χ0v) is 14.5. The minimum atomic E-state index is -4.55. The molecule has 3 N–H and O–H groups in total. The number of rotatable bonds is 3. The lowest BCUT2D eigenvalue weighted by atomic mass is 9.95. The van der Waals surface area contributed by atoms with E-state index >= 15 is 0 Å². The number of anilines is 1. The smallest absolute Gasteiger partial charge is 0.327 e. The predicted molar refractivity (Wildman–Crippen MR) is 93.6 cm³/mol. The number of carbonyl (C=O) groups excluding carboxylic acids is 2. The molecule has 1 atom stereocenters. The molecule has 0 unspecified atom stereocenters. The molecule has 0 radical (unpaired) electrons. The first-order valence-electron chi connectivity index (χ1n) is 8.17. The molecule has 0 saturated carbocycles. The summed E-state index contributed by atoms with van der Waals surface area (Å²) in [7, 11) is 0. The van der Waals surface area contributed by atoms with Crippen LogP contribution in [0.2, 0.25) is 0 Å². The number of urea groups is 1. The number of allylic oxidation sites excluding steroid dienone is 1. The second-order valence-corrected chi connectivity index (χ2v) is 6.15. The van der Waals surface area contributed by atoms with Crippen molar-refractivity contribution in [3.63, 3.8) is 0 Å². The molecule has 0 fully saturated rings. The van der Waals surface area contributed by atoms with E-state index in [1.807, 2.05) is 0 Å². The number of benzene rings is 2. The average Bonchev–Trinajstić information content (AvgIpc) is 2.61. The Morgan fingerprint density at radius 1 is 1.11 bits per heavy atom. The van der Waals surface area contributed by atoms with Crippen molar-refractivity contribution in [2.24, 2.45) is 0 Å². The van der Waals surface area contributed by atoms with E-state index in [0.29, 0.717) is 5.56 Å². The highest BCUT2D eigenvalue weighted by atomic mass is 19.4. The molecule has 2 aromatic carbocycles. The van der Waals surface area contributed by atoms with Crippen molar-refractivity contribution in [1.29, 1.82) is 0 Å². The molecule has 0 spiro atoms. The normalized spacial score (nSPS) is 17.0. The Morgan fingerprint density at radius 2 is 1.79 bits per heavy atom. The van der Waals surface area contributed by atoms with Crippen molar-refractivity contribution >= 4 is 17.6 Å². The number of nitrogens with one attached hydrogen (secondary N) is 3. The zero-order chi connectivity index (χ0) is 20.5. The first-order valence-corrected chi connectivity index (χ1v) is 8.17. The summed E-state index contributed by atoms with van der Waals surface area (Å²) in [6.07, 6.45) is -4.55. The summed E-state index contributed by atoms with van der Waals surface area (Å²) in [5.41, 5.74) is -0.160. The first kappa shape index (κ1) is 19.4. The molecule has 0 aliphatic carbocycles. The van der Waals surface area contributed by atoms with Gasteiger partial charge in [-0.2, -0.15) is 13.2 Å². The highest BCUT2D eigenvalue weighted by molar-refractivity contribution is 6.06. The summed E-state index contributed by atoms with van der Waals surface area (Å²) in [5, 5.41) is 7.44. The van der Waals surface area contributed by atoms with Gasteiger partial charge in [-0.1, -0.05) is 18.2 Å². The van der Waals surface area contributed by atoms with E-state index in [0.717, 1.165) is 12.1 Å². The maximum absolute atomic E-state index is 13.2. The van der Waals surface area contributed by atoms with E-state index in [2.05, 4.69) is 16.0 Å². The monoisotopic (exact) mass is 393 g/mol. The largest absolute Gasteiger partial charge is 0.416 e. The lowest BCUT2D eigenvalue weighted by Gasteiger charge is -2.28. The zero-order valence-electron chi connectivity index (χ0n) is 14.5. The highest BCUT2D eigenvalue weighted by Gasteiger charge is 2.33. The summed E-state index contributed by atoms with van der Waals surface area (Å²) in [6, 6.07) is 7.96. The summed E-state index contributed by atoms with van der Waals surface area (Å²) < 4.78 is 51.8. The van der Waals surface area contributed by atoms with Crippen LogP contribution >= 0.6 is 0 Å². The van der Waals surface area contributed by atoms with Gasteiger partial charge in [-0.15, -0.1) is 0 Å². The van der Waals surface area contributed by atoms with E-state index in [4.69, 9.17) is 0 Å². The van der Waals surface area contributed by atoms with Gasteiger partial charge in [0.25, 0.3) is 5.91 Å². The summed E-state index contributed by atoms with van der Waals surface area (Å²) in [4.78, 5) is 24.6. The minimum absolute atomic E-state index is 0.0464. The molecule has 1 heterocycles. The van der Waals surface area contributed by atoms with Crippen molar-refractivity contribution in [3.05, 3.63) is 76.7 Å². The van der Waals surface area contributed by atoms with E-state index in [1.54, 1.807) is 0 Å². The van der Waals surface area contributed by atoms with Gasteiger partial charge in [0.05, 0.1) is 17.2 Å². The predicted octanol–water partition coefficient (Wildman–Crippen LogP) is 4.11. The third-order valence-electron chi connectivity index (χ3n) is 4.16. The van der Waals surface area contributed by atoms with Gasteiger partial charge in [0.1, 0.15) is 5.82 Å². The van der Waals surface area contributed by atoms with Crippen molar-refractivity contribution in [3.8, 4) is 0 Å². The number of alkyl halides is 3. The third-order valence-corrected chi connectivity index (χ3v) is 4.16. The molecule has 3 rings (SSSR count). The van der Waals surface area contributed by atoms with Crippen molar-refractivity contribution in [2.45, 2.75) is 19.1 Å². The Morgan fingerprint density at radius 3 is 2.43 bits per heavy atom. The van der Waals surface area contributed by atoms with Gasteiger partial charge in [0.2, 0.25) is 0 Å². The Bertz CT molecular complexity index is 952. The Hall–Kier alpha value is -3.36. The highest BCUT2D eigenvalue weighted by Crippen LogP contribution is 2.32. The maximum Gasteiger partial charge on any atom is 0.416 e. The standard InChI is InChI=1S/C19H15F4N3O2/c1-10-15(16(26-18(28)24-10)11-5-7-13(20)8-6-11)17(27)25-14-4-2-3-12(9-14)19(21,22)23/h2-9,16H,1H3,(H,25,27)(H2,24,26,28)/t16-/m0/s1. The summed E-state index contributed by atoms with van der Waals surface area (Å²) in [6.45, 7) is 1.50. The number of amides is 3. The molecule has 9 heteroatoms. The lowest BCUT2D eigenvalue weighted by molar-refractivity contribution is -0.137. The summed E-state index contributed by atoms with van der Waals surface area (Å²) >= 11 is 0. The third kappa shape index (κ3) is 4.13. The van der Waals surface area contributed by atoms with Crippen LogP contribution < -0.4 is 16.0 Å². The van der Waals surface area contributed by atoms with Gasteiger partial charge < -0.3 is 16.0 Å². The maximum atomic E-state index is 13.2. The van der Waals surface area contributed by atoms with Gasteiger partial charge >= 0.3 is 12.2 Å². The van der Waals surface area contributed by atoms with E-state index < -0.39 is 35.5 Å². The van der Waals surface area contributed by atoms with Crippen molar-refractivity contribution in [2.75, 3.05) is 5.32 Å². The van der Waals surface area contributed by atoms with Crippen LogP contribution in [0.5, 0.6) is 0 Å². The second kappa shape index (κ2) is 7.34. The molecule has 0 saturated heterocycles. The van der Waals surface area contributed by atoms with Crippen LogP contribution in [0.4, 0.5) is 28.0 Å². The molecule has 146 valence electrons. The molecule has 1 aliphatic rings. The molecule has 1 aliphatic heterocycles. The van der Waals surface area contributed by atoms with Crippen LogP contribution in [0.15, 0.2) is 59.8 Å². The minimum Gasteiger partial charge on any atom is -0.327 e. The Kier molecular flexibility index (Phi) is 5.08. The van der Waals surface area contributed by atoms with Gasteiger partial charge in [-0.3, -0.25) is 4.79 Å². The molecular formula is C19H15F4N3O2. The van der Waals surface area contributed by atoms with Crippen LogP contribution in [0, 0.1) is 5.82 Å². The molecule has 2 aromatic rings. The number of carbonyl (C=O) groups is 2. The average molecular weight is 393 g/mol. The van der Waals surface area contributed by atoms with Crippen LogP contribution in [0.25, 0.3) is 0 Å². The molecule has 0 bridgehead atoms. The fourth-order valence-electron chi connectivity index (χ4n) is 2.87. The molecule has 3 amide bonds. The molecule has 28 heavy (non-hydrogen) atoms. The van der Waals surface area contributed by atoms with Crippen LogP contribution in [-0.2, 0) is 11.0 Å². The number of hydrogen-bond donors (Lipinski definition) is 3. The van der Waals surface area contributed by atoms with Gasteiger partial charge in [-0.05, 0) is 42.8 Å². The summed E-state index contributed by atoms with van der Waals surface area (Å²) in [5.74, 6) is -1.18. The fourth-order valence-corrected chi connectivity index (χ4v) is 2.87. The van der Waals surface area contributed by atoms with Gasteiger partial charge in [0, 0.05) is 11.4 Å². The quantitative estimate of drug-likeness (QED) is 0.687. The van der Waals surface area contributed by atoms with E-state index in [-0.39, 0.29) is 17.0 Å². The number of hydrogen-bond acceptors (Lipinski definition) is 2. The van der Waals surface area contributed by atoms with Crippen LogP contribution in [0.1, 0.15) is 24.1 Å². The Balaban J connectivity index is 1.92. The van der Waals surface area contributed by atoms with Crippen LogP contribution in [0.3, 0.4) is 0 Å². The molecular weight excluding hydrogens is 378 g/mol. The fraction of sp³-hybridized carbons (Fsp3) is 0.158. The van der Waals surface area contributed by atoms with E-state index in [9.17, 15) is 27.2 Å².